The Bertz CT molecular complexity index is 1420. The summed E-state index contributed by atoms with van der Waals surface area (Å²) in [4.78, 5) is 31.4. The number of nitrogens with zero attached hydrogens (tertiary/aromatic N) is 3. The second-order valence-corrected chi connectivity index (χ2v) is 11.9. The van der Waals surface area contributed by atoms with Crippen molar-refractivity contribution < 1.29 is 18.0 Å². The Morgan fingerprint density at radius 1 is 1.18 bits per heavy atom. The number of benzene rings is 2. The summed E-state index contributed by atoms with van der Waals surface area (Å²) >= 11 is 1.38. The number of rotatable bonds is 4. The number of amides is 2. The number of hydrogen-bond donors (Lipinski definition) is 1. The molecule has 2 aliphatic rings. The smallest absolute Gasteiger partial charge is 0.244 e. The van der Waals surface area contributed by atoms with Crippen LogP contribution < -0.4 is 10.2 Å². The van der Waals surface area contributed by atoms with E-state index >= 15 is 0 Å². The fourth-order valence-corrected chi connectivity index (χ4v) is 7.62. The summed E-state index contributed by atoms with van der Waals surface area (Å²) < 4.78 is 29.3. The van der Waals surface area contributed by atoms with Crippen molar-refractivity contribution in [1.82, 2.24) is 9.29 Å². The zero-order chi connectivity index (χ0) is 24.2. The highest BCUT2D eigenvalue weighted by Crippen LogP contribution is 2.36. The SMILES string of the molecule is CC(=O)N1c2ccc(S(=O)(=O)N3CCC[C@H]3C(=O)Nc3nc4ccc(C)cc4s3)cc2C[C@@H]1C. The number of sulfonamides is 1. The van der Waals surface area contributed by atoms with Gasteiger partial charge in [0.2, 0.25) is 21.8 Å². The van der Waals surface area contributed by atoms with E-state index in [9.17, 15) is 18.0 Å². The van der Waals surface area contributed by atoms with Crippen molar-refractivity contribution in [2.45, 2.75) is 57.0 Å². The third-order valence-corrected chi connectivity index (χ3v) is 9.33. The molecule has 0 saturated carbocycles. The lowest BCUT2D eigenvalue weighted by Crippen LogP contribution is -2.43. The van der Waals surface area contributed by atoms with E-state index in [1.807, 2.05) is 32.0 Å². The van der Waals surface area contributed by atoms with Gasteiger partial charge in [0.15, 0.2) is 5.13 Å². The van der Waals surface area contributed by atoms with E-state index in [0.29, 0.717) is 24.4 Å². The van der Waals surface area contributed by atoms with Gasteiger partial charge in [-0.3, -0.25) is 9.59 Å². The van der Waals surface area contributed by atoms with Crippen LogP contribution in [-0.4, -0.2) is 48.1 Å². The van der Waals surface area contributed by atoms with Gasteiger partial charge in [0.05, 0.1) is 15.1 Å². The lowest BCUT2D eigenvalue weighted by atomic mass is 10.1. The molecule has 1 N–H and O–H groups in total. The molecule has 178 valence electrons. The van der Waals surface area contributed by atoms with Gasteiger partial charge in [0.25, 0.3) is 0 Å². The fourth-order valence-electron chi connectivity index (χ4n) is 4.95. The molecule has 2 aliphatic heterocycles. The average Bonchev–Trinajstić information content (AvgIpc) is 3.48. The van der Waals surface area contributed by atoms with Crippen LogP contribution in [-0.2, 0) is 26.0 Å². The van der Waals surface area contributed by atoms with Gasteiger partial charge in [-0.05, 0) is 74.6 Å². The summed E-state index contributed by atoms with van der Waals surface area (Å²) in [6.07, 6.45) is 1.66. The van der Waals surface area contributed by atoms with Gasteiger partial charge in [0, 0.05) is 25.2 Å². The second-order valence-electron chi connectivity index (χ2n) is 8.99. The maximum Gasteiger partial charge on any atom is 0.244 e. The minimum atomic E-state index is -3.88. The minimum Gasteiger partial charge on any atom is -0.309 e. The van der Waals surface area contributed by atoms with Crippen molar-refractivity contribution in [1.29, 1.82) is 0 Å². The average molecular weight is 499 g/mol. The number of hydrogen-bond acceptors (Lipinski definition) is 6. The Labute approximate surface area is 202 Å². The summed E-state index contributed by atoms with van der Waals surface area (Å²) in [7, 11) is -3.88. The predicted octanol–water partition coefficient (Wildman–Crippen LogP) is 3.69. The molecule has 2 aromatic carbocycles. The van der Waals surface area contributed by atoms with E-state index in [4.69, 9.17) is 0 Å². The van der Waals surface area contributed by atoms with Crippen LogP contribution in [0.2, 0.25) is 0 Å². The van der Waals surface area contributed by atoms with Crippen LogP contribution in [0.3, 0.4) is 0 Å². The normalized spacial score (nSPS) is 20.6. The molecule has 10 heteroatoms. The number of fused-ring (bicyclic) bond motifs is 2. The molecule has 0 aliphatic carbocycles. The maximum atomic E-state index is 13.5. The molecule has 1 fully saturated rings. The maximum absolute atomic E-state index is 13.5. The lowest BCUT2D eigenvalue weighted by Gasteiger charge is -2.24. The van der Waals surface area contributed by atoms with E-state index in [1.165, 1.54) is 28.6 Å². The number of carbonyl (C=O) groups excluding carboxylic acids is 2. The minimum absolute atomic E-state index is 0.0200. The van der Waals surface area contributed by atoms with E-state index < -0.39 is 16.1 Å². The van der Waals surface area contributed by atoms with Crippen molar-refractivity contribution in [3.8, 4) is 0 Å². The van der Waals surface area contributed by atoms with Gasteiger partial charge in [-0.2, -0.15) is 4.31 Å². The van der Waals surface area contributed by atoms with Crippen LogP contribution in [0.15, 0.2) is 41.3 Å². The molecular formula is C24H26N4O4S2. The fraction of sp³-hybridized carbons (Fsp3) is 0.375. The topological polar surface area (TPSA) is 99.7 Å². The van der Waals surface area contributed by atoms with Crippen LogP contribution in [0.1, 0.15) is 37.8 Å². The molecule has 8 nitrogen and oxygen atoms in total. The predicted molar refractivity (Wildman–Crippen MR) is 133 cm³/mol. The first-order valence-corrected chi connectivity index (χ1v) is 13.5. The van der Waals surface area contributed by atoms with Gasteiger partial charge < -0.3 is 10.2 Å². The van der Waals surface area contributed by atoms with Crippen LogP contribution in [0, 0.1) is 6.92 Å². The van der Waals surface area contributed by atoms with Gasteiger partial charge in [-0.1, -0.05) is 17.4 Å². The quantitative estimate of drug-likeness (QED) is 0.591. The first-order chi connectivity index (χ1) is 16.1. The Morgan fingerprint density at radius 2 is 1.97 bits per heavy atom. The van der Waals surface area contributed by atoms with Crippen molar-refractivity contribution in [2.75, 3.05) is 16.8 Å². The van der Waals surface area contributed by atoms with E-state index in [-0.39, 0.29) is 29.3 Å². The van der Waals surface area contributed by atoms with Crippen LogP contribution >= 0.6 is 11.3 Å². The highest BCUT2D eigenvalue weighted by atomic mass is 32.2. The number of aryl methyl sites for hydroxylation is 1. The monoisotopic (exact) mass is 498 g/mol. The highest BCUT2D eigenvalue weighted by molar-refractivity contribution is 7.89. The zero-order valence-corrected chi connectivity index (χ0v) is 20.9. The molecule has 1 saturated heterocycles. The van der Waals surface area contributed by atoms with Crippen molar-refractivity contribution in [2.24, 2.45) is 0 Å². The number of carbonyl (C=O) groups is 2. The van der Waals surface area contributed by atoms with Crippen molar-refractivity contribution in [3.63, 3.8) is 0 Å². The molecule has 2 amide bonds. The summed E-state index contributed by atoms with van der Waals surface area (Å²) in [6.45, 7) is 5.73. The van der Waals surface area contributed by atoms with Crippen molar-refractivity contribution >= 4 is 54.2 Å². The molecule has 0 unspecified atom stereocenters. The standard InChI is InChI=1S/C24H26N4O4S2/c1-14-6-8-19-22(11-14)33-24(25-19)26-23(30)21-5-4-10-27(21)34(31,32)18-7-9-20-17(13-18)12-15(2)28(20)16(3)29/h6-9,11,13,15,21H,4-5,10,12H2,1-3H3,(H,25,26,30)/t15-,21-/m0/s1. The lowest BCUT2D eigenvalue weighted by molar-refractivity contribution is -0.119. The largest absolute Gasteiger partial charge is 0.309 e. The summed E-state index contributed by atoms with van der Waals surface area (Å²) in [5, 5.41) is 3.29. The third kappa shape index (κ3) is 3.89. The first-order valence-electron chi connectivity index (χ1n) is 11.3. The van der Waals surface area contributed by atoms with Crippen LogP contribution in [0.25, 0.3) is 10.2 Å². The molecule has 2 atom stereocenters. The molecule has 0 radical (unpaired) electrons. The van der Waals surface area contributed by atoms with Crippen LogP contribution in [0.4, 0.5) is 10.8 Å². The third-order valence-electron chi connectivity index (χ3n) is 6.49. The molecule has 0 bridgehead atoms. The molecule has 0 spiro atoms. The molecular weight excluding hydrogens is 472 g/mol. The van der Waals surface area contributed by atoms with Gasteiger partial charge in [0.1, 0.15) is 6.04 Å². The summed E-state index contributed by atoms with van der Waals surface area (Å²) in [6, 6.07) is 9.95. The molecule has 3 aromatic rings. The van der Waals surface area contributed by atoms with Crippen molar-refractivity contribution in [3.05, 3.63) is 47.5 Å². The number of aromatic nitrogens is 1. The summed E-state index contributed by atoms with van der Waals surface area (Å²) in [5.41, 5.74) is 3.49. The first kappa shape index (κ1) is 22.9. The Balaban J connectivity index is 1.39. The number of thiazole rings is 1. The molecule has 34 heavy (non-hydrogen) atoms. The molecule has 5 rings (SSSR count). The molecule has 3 heterocycles. The number of nitrogens with one attached hydrogen (secondary N) is 1. The highest BCUT2D eigenvalue weighted by Gasteiger charge is 2.40. The van der Waals surface area contributed by atoms with E-state index in [0.717, 1.165) is 27.0 Å². The Hall–Kier alpha value is -2.82. The Kier molecular flexibility index (Phi) is 5.70. The van der Waals surface area contributed by atoms with Crippen LogP contribution in [0.5, 0.6) is 0 Å². The van der Waals surface area contributed by atoms with Gasteiger partial charge >= 0.3 is 0 Å². The molecule has 1 aromatic heterocycles. The van der Waals surface area contributed by atoms with Gasteiger partial charge in [-0.25, -0.2) is 13.4 Å². The second kappa shape index (κ2) is 8.44. The van der Waals surface area contributed by atoms with Gasteiger partial charge in [-0.15, -0.1) is 0 Å². The summed E-state index contributed by atoms with van der Waals surface area (Å²) in [5.74, 6) is -0.433. The zero-order valence-electron chi connectivity index (χ0n) is 19.2. The Morgan fingerprint density at radius 3 is 2.74 bits per heavy atom. The van der Waals surface area contributed by atoms with E-state index in [1.54, 1.807) is 17.0 Å². The van der Waals surface area contributed by atoms with E-state index in [2.05, 4.69) is 10.3 Å². The number of anilines is 2.